The number of nitrogens with two attached hydrogens (primary N) is 1. The van der Waals surface area contributed by atoms with Crippen LogP contribution >= 0.6 is 12.2 Å². The lowest BCUT2D eigenvalue weighted by Gasteiger charge is -2.16. The number of benzene rings is 1. The first-order valence-electron chi connectivity index (χ1n) is 6.57. The highest BCUT2D eigenvalue weighted by Crippen LogP contribution is 2.11. The Labute approximate surface area is 123 Å². The van der Waals surface area contributed by atoms with Crippen LogP contribution in [-0.4, -0.2) is 34.6 Å². The molecule has 0 aromatic heterocycles. The van der Waals surface area contributed by atoms with Crippen LogP contribution in [0.2, 0.25) is 0 Å². The molecule has 0 spiro atoms. The summed E-state index contributed by atoms with van der Waals surface area (Å²) >= 11 is 4.93. The lowest BCUT2D eigenvalue weighted by Crippen LogP contribution is -2.40. The van der Waals surface area contributed by atoms with Gasteiger partial charge in [-0.05, 0) is 37.5 Å². The van der Waals surface area contributed by atoms with Crippen molar-refractivity contribution in [3.05, 3.63) is 29.8 Å². The number of hydrogen-bond acceptors (Lipinski definition) is 4. The van der Waals surface area contributed by atoms with Gasteiger partial charge in [0.25, 0.3) is 5.91 Å². The summed E-state index contributed by atoms with van der Waals surface area (Å²) in [4.78, 5) is 14.0. The van der Waals surface area contributed by atoms with Crippen molar-refractivity contribution in [2.75, 3.05) is 18.5 Å². The maximum atomic E-state index is 12.3. The Kier molecular flexibility index (Phi) is 4.68. The number of carbonyl (C=O) groups is 1. The zero-order valence-electron chi connectivity index (χ0n) is 11.4. The quantitative estimate of drug-likeness (QED) is 0.503. The molecule has 6 heteroatoms. The van der Waals surface area contributed by atoms with Gasteiger partial charge in [0.15, 0.2) is 5.71 Å². The highest BCUT2D eigenvalue weighted by molar-refractivity contribution is 7.82. The first-order chi connectivity index (χ1) is 9.58. The lowest BCUT2D eigenvalue weighted by atomic mass is 10.2. The molecule has 1 aliphatic rings. The summed E-state index contributed by atoms with van der Waals surface area (Å²) in [5, 5.41) is 4.09. The van der Waals surface area contributed by atoms with E-state index in [-0.39, 0.29) is 16.6 Å². The lowest BCUT2D eigenvalue weighted by molar-refractivity contribution is -0.122. The highest BCUT2D eigenvalue weighted by atomic mass is 32.1. The third-order valence-electron chi connectivity index (χ3n) is 3.14. The molecule has 20 heavy (non-hydrogen) atoms. The zero-order valence-corrected chi connectivity index (χ0v) is 12.2. The first-order valence-corrected chi connectivity index (χ1v) is 6.98. The number of hydrazone groups is 1. The second kappa shape index (κ2) is 6.47. The molecule has 0 saturated carbocycles. The Morgan fingerprint density at radius 1 is 1.40 bits per heavy atom. The zero-order chi connectivity index (χ0) is 14.5. The second-order valence-corrected chi connectivity index (χ2v) is 5.25. The van der Waals surface area contributed by atoms with Gasteiger partial charge in [-0.2, -0.15) is 5.10 Å². The van der Waals surface area contributed by atoms with Crippen LogP contribution in [0.5, 0.6) is 0 Å². The average molecular weight is 290 g/mol. The number of thiocarbonyl (C=S) groups is 1. The molecule has 1 aliphatic heterocycles. The van der Waals surface area contributed by atoms with Crippen molar-refractivity contribution in [2.24, 2.45) is 10.8 Å². The van der Waals surface area contributed by atoms with E-state index in [0.29, 0.717) is 0 Å². The van der Waals surface area contributed by atoms with Gasteiger partial charge in [0.05, 0.1) is 5.69 Å². The van der Waals surface area contributed by atoms with Crippen LogP contribution in [0.1, 0.15) is 18.4 Å². The van der Waals surface area contributed by atoms with E-state index in [1.807, 2.05) is 31.2 Å². The Morgan fingerprint density at radius 2 is 2.10 bits per heavy atom. The van der Waals surface area contributed by atoms with E-state index in [2.05, 4.69) is 10.5 Å². The Hall–Kier alpha value is -1.95. The number of nitrogens with zero attached hydrogens (tertiary/aromatic N) is 2. The molecule has 0 aliphatic carbocycles. The summed E-state index contributed by atoms with van der Waals surface area (Å²) in [7, 11) is 0. The maximum Gasteiger partial charge on any atom is 0.277 e. The summed E-state index contributed by atoms with van der Waals surface area (Å²) in [6, 6.07) is 7.70. The van der Waals surface area contributed by atoms with Crippen molar-refractivity contribution >= 4 is 34.5 Å². The Bertz CT molecular complexity index is 550. The van der Waals surface area contributed by atoms with Gasteiger partial charge in [-0.1, -0.05) is 24.4 Å². The third-order valence-corrected chi connectivity index (χ3v) is 3.34. The number of amides is 1. The van der Waals surface area contributed by atoms with Crippen molar-refractivity contribution in [3.63, 3.8) is 0 Å². The number of rotatable bonds is 4. The van der Waals surface area contributed by atoms with E-state index in [1.165, 1.54) is 0 Å². The van der Waals surface area contributed by atoms with Gasteiger partial charge in [0.2, 0.25) is 0 Å². The smallest absolute Gasteiger partial charge is 0.277 e. The molecule has 0 atom stereocenters. The van der Waals surface area contributed by atoms with Crippen molar-refractivity contribution < 1.29 is 4.79 Å². The third kappa shape index (κ3) is 3.54. The standard InChI is InChI=1S/C14H18N4OS/c1-10-5-4-6-11(9-10)16-17-12(13(15)20)14(19)18-7-2-3-8-18/h4-6,9,16H,2-3,7-8H2,1H3,(H2,15,20). The molecule has 5 nitrogen and oxygen atoms in total. The molecule has 1 heterocycles. The molecule has 1 fully saturated rings. The predicted molar refractivity (Wildman–Crippen MR) is 84.8 cm³/mol. The van der Waals surface area contributed by atoms with E-state index < -0.39 is 0 Å². The van der Waals surface area contributed by atoms with Crippen molar-refractivity contribution in [1.29, 1.82) is 0 Å². The number of hydrogen-bond donors (Lipinski definition) is 2. The monoisotopic (exact) mass is 290 g/mol. The van der Waals surface area contributed by atoms with E-state index in [9.17, 15) is 4.79 Å². The van der Waals surface area contributed by atoms with Gasteiger partial charge >= 0.3 is 0 Å². The van der Waals surface area contributed by atoms with Crippen molar-refractivity contribution in [3.8, 4) is 0 Å². The molecule has 0 bridgehead atoms. The fourth-order valence-electron chi connectivity index (χ4n) is 2.11. The molecule has 1 aromatic carbocycles. The summed E-state index contributed by atoms with van der Waals surface area (Å²) in [5.41, 5.74) is 10.5. The van der Waals surface area contributed by atoms with E-state index in [0.717, 1.165) is 37.2 Å². The Balaban J connectivity index is 2.13. The van der Waals surface area contributed by atoms with Crippen molar-refractivity contribution in [2.45, 2.75) is 19.8 Å². The minimum Gasteiger partial charge on any atom is -0.388 e. The fraction of sp³-hybridized carbons (Fsp3) is 0.357. The fourth-order valence-corrected chi connectivity index (χ4v) is 2.25. The number of likely N-dealkylation sites (tertiary alicyclic amines) is 1. The molecule has 1 aromatic rings. The predicted octanol–water partition coefficient (Wildman–Crippen LogP) is 1.67. The van der Waals surface area contributed by atoms with Crippen LogP contribution in [0.15, 0.2) is 29.4 Å². The molecule has 2 rings (SSSR count). The summed E-state index contributed by atoms with van der Waals surface area (Å²) < 4.78 is 0. The van der Waals surface area contributed by atoms with Gasteiger partial charge < -0.3 is 10.6 Å². The van der Waals surface area contributed by atoms with Crippen LogP contribution < -0.4 is 11.2 Å². The number of nitrogens with one attached hydrogen (secondary N) is 1. The SMILES string of the molecule is Cc1cccc(NN=C(C(=O)N2CCCC2)C(N)=S)c1. The van der Waals surface area contributed by atoms with Gasteiger partial charge in [-0.25, -0.2) is 0 Å². The Morgan fingerprint density at radius 3 is 2.70 bits per heavy atom. The maximum absolute atomic E-state index is 12.3. The molecule has 3 N–H and O–H groups in total. The first kappa shape index (κ1) is 14.5. The van der Waals surface area contributed by atoms with Crippen molar-refractivity contribution in [1.82, 2.24) is 4.90 Å². The van der Waals surface area contributed by atoms with Crippen LogP contribution in [0.3, 0.4) is 0 Å². The summed E-state index contributed by atoms with van der Waals surface area (Å²) in [6.45, 7) is 3.47. The highest BCUT2D eigenvalue weighted by Gasteiger charge is 2.24. The minimum absolute atomic E-state index is 0.0158. The van der Waals surface area contributed by atoms with Crippen LogP contribution in [-0.2, 0) is 4.79 Å². The van der Waals surface area contributed by atoms with Gasteiger partial charge in [-0.3, -0.25) is 10.2 Å². The largest absolute Gasteiger partial charge is 0.388 e. The molecule has 0 radical (unpaired) electrons. The summed E-state index contributed by atoms with van der Waals surface area (Å²) in [6.07, 6.45) is 2.03. The van der Waals surface area contributed by atoms with E-state index >= 15 is 0 Å². The molecular formula is C14H18N4OS. The molecule has 106 valence electrons. The van der Waals surface area contributed by atoms with Gasteiger partial charge in [0.1, 0.15) is 4.99 Å². The molecular weight excluding hydrogens is 272 g/mol. The van der Waals surface area contributed by atoms with Crippen LogP contribution in [0.25, 0.3) is 0 Å². The molecule has 1 amide bonds. The van der Waals surface area contributed by atoms with Crippen LogP contribution in [0.4, 0.5) is 5.69 Å². The van der Waals surface area contributed by atoms with Gasteiger partial charge in [-0.15, -0.1) is 0 Å². The van der Waals surface area contributed by atoms with E-state index in [1.54, 1.807) is 4.90 Å². The second-order valence-electron chi connectivity index (χ2n) is 4.81. The molecule has 0 unspecified atom stereocenters. The summed E-state index contributed by atoms with van der Waals surface area (Å²) in [5.74, 6) is -0.199. The van der Waals surface area contributed by atoms with E-state index in [4.69, 9.17) is 18.0 Å². The van der Waals surface area contributed by atoms with Crippen LogP contribution in [0, 0.1) is 6.92 Å². The number of anilines is 1. The average Bonchev–Trinajstić information content (AvgIpc) is 2.92. The number of carbonyl (C=O) groups excluding carboxylic acids is 1. The topological polar surface area (TPSA) is 70.7 Å². The minimum atomic E-state index is -0.199. The normalized spacial score (nSPS) is 15.2. The van der Waals surface area contributed by atoms with Gasteiger partial charge in [0, 0.05) is 13.1 Å². The number of aryl methyl sites for hydroxylation is 1. The molecule has 1 saturated heterocycles.